The number of rotatable bonds is 6. The van der Waals surface area contributed by atoms with Crippen molar-refractivity contribution in [1.29, 1.82) is 0 Å². The number of carbonyl (C=O) groups excluding carboxylic acids is 1. The number of dihydropyridines is 1. The maximum atomic E-state index is 12.2. The number of allylic oxidation sites excluding steroid dienone is 1. The number of piperazine rings is 1. The Morgan fingerprint density at radius 2 is 1.77 bits per heavy atom. The number of aliphatic hydroxyl groups is 1. The summed E-state index contributed by atoms with van der Waals surface area (Å²) in [6.07, 6.45) is 7.02. The molecule has 6 aliphatic rings. The zero-order valence-corrected chi connectivity index (χ0v) is 20.6. The first-order chi connectivity index (χ1) is 16.8. The fourth-order valence-corrected chi connectivity index (χ4v) is 7.36. The number of hydrogen-bond acceptors (Lipinski definition) is 7. The molecule has 1 saturated heterocycles. The molecule has 1 aromatic rings. The summed E-state index contributed by atoms with van der Waals surface area (Å²) in [6, 6.07) is 8.83. The first-order valence-corrected chi connectivity index (χ1v) is 13.1. The summed E-state index contributed by atoms with van der Waals surface area (Å²) in [4.78, 5) is 17.0. The number of likely N-dealkylation sites (N-methyl/N-ethyl adjacent to an activating group) is 1. The molecule has 0 radical (unpaired) electrons. The van der Waals surface area contributed by atoms with Gasteiger partial charge < -0.3 is 36.6 Å². The van der Waals surface area contributed by atoms with Gasteiger partial charge in [-0.3, -0.25) is 4.79 Å². The predicted octanol–water partition coefficient (Wildman–Crippen LogP) is 1.56. The Hall–Kier alpha value is -2.71. The number of nitrogens with one attached hydrogen (secondary N) is 3. The van der Waals surface area contributed by atoms with Crippen molar-refractivity contribution in [3.05, 3.63) is 47.4 Å². The number of hydrogen-bond donors (Lipinski definition) is 5. The molecular formula is C27H38N6O2. The molecular weight excluding hydrogens is 440 g/mol. The van der Waals surface area contributed by atoms with Gasteiger partial charge in [0.15, 0.2) is 0 Å². The molecule has 1 aromatic carbocycles. The average Bonchev–Trinajstić information content (AvgIpc) is 2.81. The van der Waals surface area contributed by atoms with Crippen LogP contribution >= 0.6 is 0 Å². The minimum atomic E-state index is -0.470. The monoisotopic (exact) mass is 478 g/mol. The third-order valence-corrected chi connectivity index (χ3v) is 8.94. The van der Waals surface area contributed by atoms with Crippen molar-refractivity contribution >= 4 is 17.3 Å². The largest absolute Gasteiger partial charge is 0.390 e. The molecule has 5 fully saturated rings. The second kappa shape index (κ2) is 8.75. The van der Waals surface area contributed by atoms with Crippen molar-refractivity contribution in [2.75, 3.05) is 50.0 Å². The zero-order chi connectivity index (χ0) is 24.2. The summed E-state index contributed by atoms with van der Waals surface area (Å²) in [5.74, 6) is 2.01. The number of anilines is 2. The lowest BCUT2D eigenvalue weighted by atomic mass is 9.52. The zero-order valence-electron chi connectivity index (χ0n) is 20.6. The molecule has 6 N–H and O–H groups in total. The van der Waals surface area contributed by atoms with Gasteiger partial charge >= 0.3 is 0 Å². The molecule has 4 aliphatic carbocycles. The topological polar surface area (TPSA) is 106 Å². The van der Waals surface area contributed by atoms with E-state index >= 15 is 0 Å². The number of benzene rings is 1. The van der Waals surface area contributed by atoms with Gasteiger partial charge in [-0.05, 0) is 81.2 Å². The molecule has 5 atom stereocenters. The van der Waals surface area contributed by atoms with Gasteiger partial charge in [-0.2, -0.15) is 0 Å². The first-order valence-electron chi connectivity index (χ1n) is 13.1. The standard InChI is InChI=1S/C27H38N6O2/c1-32-6-8-33(9-7-32)21-4-2-20(3-5-21)30-24-12-23(22(16-29-24)26(28)34)31-25-18-10-17-11-19(25)15-27(35,13-17)14-18/h2-5,12,17-19,25,29-31,35H,6-11,13-16H2,1H3,(H2,28,34)/t17?,18-,19?,25?,27?/m0/s1. The van der Waals surface area contributed by atoms with Crippen LogP contribution < -0.4 is 26.6 Å². The minimum absolute atomic E-state index is 0.287. The highest BCUT2D eigenvalue weighted by Gasteiger charge is 2.54. The van der Waals surface area contributed by atoms with E-state index in [-0.39, 0.29) is 6.04 Å². The highest BCUT2D eigenvalue weighted by molar-refractivity contribution is 5.94. The van der Waals surface area contributed by atoms with E-state index in [1.54, 1.807) is 0 Å². The van der Waals surface area contributed by atoms with Crippen LogP contribution in [0.15, 0.2) is 47.4 Å². The molecule has 4 unspecified atom stereocenters. The Kier molecular flexibility index (Phi) is 5.68. The van der Waals surface area contributed by atoms with Crippen LogP contribution in [0.1, 0.15) is 32.1 Å². The predicted molar refractivity (Wildman–Crippen MR) is 138 cm³/mol. The van der Waals surface area contributed by atoms with Crippen LogP contribution in [0.5, 0.6) is 0 Å². The summed E-state index contributed by atoms with van der Waals surface area (Å²) < 4.78 is 0. The van der Waals surface area contributed by atoms with Gasteiger partial charge in [-0.1, -0.05) is 0 Å². The van der Waals surface area contributed by atoms with Crippen LogP contribution in [0.3, 0.4) is 0 Å². The summed E-state index contributed by atoms with van der Waals surface area (Å²) >= 11 is 0. The van der Waals surface area contributed by atoms with Crippen LogP contribution in [0, 0.1) is 17.8 Å². The summed E-state index contributed by atoms with van der Waals surface area (Å²) in [5.41, 5.74) is 8.93. The Labute approximate surface area is 207 Å². The molecule has 188 valence electrons. The van der Waals surface area contributed by atoms with Crippen LogP contribution in [0.4, 0.5) is 11.4 Å². The summed E-state index contributed by atoms with van der Waals surface area (Å²) in [6.45, 7) is 4.66. The number of amides is 1. The third-order valence-electron chi connectivity index (χ3n) is 8.94. The molecule has 2 heterocycles. The van der Waals surface area contributed by atoms with E-state index in [4.69, 9.17) is 5.73 Å². The van der Waals surface area contributed by atoms with Gasteiger partial charge in [0.25, 0.3) is 0 Å². The Morgan fingerprint density at radius 1 is 1.09 bits per heavy atom. The molecule has 4 saturated carbocycles. The molecule has 0 spiro atoms. The smallest absolute Gasteiger partial charge is 0.248 e. The maximum Gasteiger partial charge on any atom is 0.248 e. The van der Waals surface area contributed by atoms with Gasteiger partial charge in [0.05, 0.1) is 11.2 Å². The lowest BCUT2D eigenvalue weighted by molar-refractivity contribution is -0.137. The Morgan fingerprint density at radius 3 is 2.40 bits per heavy atom. The van der Waals surface area contributed by atoms with Gasteiger partial charge in [0.1, 0.15) is 5.82 Å². The third kappa shape index (κ3) is 4.49. The molecule has 0 aromatic heterocycles. The quantitative estimate of drug-likeness (QED) is 0.423. The van der Waals surface area contributed by atoms with E-state index in [9.17, 15) is 9.90 Å². The average molecular weight is 479 g/mol. The first kappa shape index (κ1) is 22.7. The van der Waals surface area contributed by atoms with E-state index in [1.165, 1.54) is 18.5 Å². The highest BCUT2D eigenvalue weighted by atomic mass is 16.3. The Bertz CT molecular complexity index is 1030. The lowest BCUT2D eigenvalue weighted by Crippen LogP contribution is -2.60. The van der Waals surface area contributed by atoms with Gasteiger partial charge in [0, 0.05) is 61.9 Å². The highest BCUT2D eigenvalue weighted by Crippen LogP contribution is 2.55. The second-order valence-electron chi connectivity index (χ2n) is 11.5. The fourth-order valence-electron chi connectivity index (χ4n) is 7.36. The van der Waals surface area contributed by atoms with E-state index in [2.05, 4.69) is 57.1 Å². The van der Waals surface area contributed by atoms with Crippen molar-refractivity contribution in [1.82, 2.24) is 15.5 Å². The van der Waals surface area contributed by atoms with E-state index in [1.807, 2.05) is 6.08 Å². The van der Waals surface area contributed by atoms with Crippen molar-refractivity contribution in [2.45, 2.75) is 43.7 Å². The molecule has 7 rings (SSSR count). The van der Waals surface area contributed by atoms with E-state index < -0.39 is 11.5 Å². The summed E-state index contributed by atoms with van der Waals surface area (Å²) in [7, 11) is 2.17. The molecule has 1 amide bonds. The van der Waals surface area contributed by atoms with Crippen molar-refractivity contribution in [2.24, 2.45) is 23.5 Å². The Balaban J connectivity index is 1.16. The van der Waals surface area contributed by atoms with E-state index in [0.29, 0.717) is 29.9 Å². The van der Waals surface area contributed by atoms with Crippen LogP contribution in [-0.4, -0.2) is 67.3 Å². The van der Waals surface area contributed by atoms with Gasteiger partial charge in [-0.25, -0.2) is 0 Å². The van der Waals surface area contributed by atoms with Crippen molar-refractivity contribution in [3.63, 3.8) is 0 Å². The van der Waals surface area contributed by atoms with Crippen LogP contribution in [-0.2, 0) is 4.79 Å². The lowest BCUT2D eigenvalue weighted by Gasteiger charge is -2.58. The van der Waals surface area contributed by atoms with Crippen molar-refractivity contribution in [3.8, 4) is 0 Å². The number of nitrogens with two attached hydrogens (primary N) is 1. The number of primary amides is 1. The summed E-state index contributed by atoms with van der Waals surface area (Å²) in [5, 5.41) is 21.4. The normalized spacial score (nSPS) is 34.5. The van der Waals surface area contributed by atoms with Gasteiger partial charge in [0.2, 0.25) is 5.91 Å². The maximum absolute atomic E-state index is 12.2. The second-order valence-corrected chi connectivity index (χ2v) is 11.5. The van der Waals surface area contributed by atoms with Gasteiger partial charge in [-0.15, -0.1) is 0 Å². The van der Waals surface area contributed by atoms with E-state index in [0.717, 1.165) is 62.6 Å². The number of carbonyl (C=O) groups is 1. The minimum Gasteiger partial charge on any atom is -0.390 e. The molecule has 35 heavy (non-hydrogen) atoms. The number of nitrogens with zero attached hydrogens (tertiary/aromatic N) is 2. The molecule has 8 heteroatoms. The molecule has 4 bridgehead atoms. The van der Waals surface area contributed by atoms with Crippen LogP contribution in [0.25, 0.3) is 0 Å². The molecule has 8 nitrogen and oxygen atoms in total. The van der Waals surface area contributed by atoms with Crippen molar-refractivity contribution < 1.29 is 9.90 Å². The molecule has 2 aliphatic heterocycles. The SMILES string of the molecule is CN1CCN(c2ccc(NC3=CC(NC4C5CC6C[C@H]4CC(O)(C6)C5)=C(C(N)=O)CN3)cc2)CC1. The van der Waals surface area contributed by atoms with Crippen LogP contribution in [0.2, 0.25) is 0 Å². The fraction of sp³-hybridized carbons (Fsp3) is 0.593.